The molecule has 0 unspecified atom stereocenters. The third kappa shape index (κ3) is 5.62. The van der Waals surface area contributed by atoms with Gasteiger partial charge in [0.2, 0.25) is 11.6 Å². The Labute approximate surface area is 175 Å². The molecule has 1 aliphatic heterocycles. The number of likely N-dealkylation sites (tertiary alicyclic amines) is 1. The van der Waals surface area contributed by atoms with Crippen molar-refractivity contribution in [2.45, 2.75) is 31.1 Å². The van der Waals surface area contributed by atoms with Crippen LogP contribution in [0, 0.1) is 17.0 Å². The summed E-state index contributed by atoms with van der Waals surface area (Å²) in [4.78, 5) is 23.2. The maximum atomic E-state index is 12.4. The second kappa shape index (κ2) is 9.78. The van der Waals surface area contributed by atoms with Crippen LogP contribution in [0.3, 0.4) is 0 Å². The van der Waals surface area contributed by atoms with Crippen molar-refractivity contribution in [2.75, 3.05) is 36.9 Å². The van der Waals surface area contributed by atoms with E-state index in [0.29, 0.717) is 6.54 Å². The summed E-state index contributed by atoms with van der Waals surface area (Å²) in [5.74, 6) is -0.213. The van der Waals surface area contributed by atoms with E-state index in [-0.39, 0.29) is 16.5 Å². The minimum absolute atomic E-state index is 0.0252. The van der Waals surface area contributed by atoms with Gasteiger partial charge in [-0.3, -0.25) is 15.5 Å². The van der Waals surface area contributed by atoms with Gasteiger partial charge in [0.05, 0.1) is 9.82 Å². The minimum atomic E-state index is -3.93. The minimum Gasteiger partial charge on any atom is -0.363 e. The molecule has 1 aromatic carbocycles. The lowest BCUT2D eigenvalue weighted by Crippen LogP contribution is -2.34. The van der Waals surface area contributed by atoms with E-state index in [4.69, 9.17) is 0 Å². The molecule has 30 heavy (non-hydrogen) atoms. The number of hydrogen-bond donors (Lipinski definition) is 3. The number of hydrogen-bond acceptors (Lipinski definition) is 9. The van der Waals surface area contributed by atoms with Crippen LogP contribution in [-0.2, 0) is 10.0 Å². The number of aromatic nitrogens is 2. The molecule has 11 nitrogen and oxygen atoms in total. The average Bonchev–Trinajstić information content (AvgIpc) is 2.73. The zero-order valence-electron chi connectivity index (χ0n) is 16.7. The SMILES string of the molecule is Cc1ccc(S(=O)(=O)NNc2ncnc(NCCN3CCCCC3)c2[N+](=O)[O-])cc1. The van der Waals surface area contributed by atoms with E-state index in [1.165, 1.54) is 18.6 Å². The van der Waals surface area contributed by atoms with Crippen LogP contribution in [0.4, 0.5) is 17.3 Å². The van der Waals surface area contributed by atoms with Crippen molar-refractivity contribution in [1.82, 2.24) is 19.7 Å². The highest BCUT2D eigenvalue weighted by Gasteiger charge is 2.24. The van der Waals surface area contributed by atoms with Crippen LogP contribution in [0.25, 0.3) is 0 Å². The maximum Gasteiger partial charge on any atom is 0.354 e. The molecule has 1 saturated heterocycles. The fraction of sp³-hybridized carbons (Fsp3) is 0.444. The number of piperidine rings is 1. The van der Waals surface area contributed by atoms with E-state index in [1.54, 1.807) is 12.1 Å². The molecule has 1 aromatic heterocycles. The summed E-state index contributed by atoms with van der Waals surface area (Å²) < 4.78 is 24.8. The van der Waals surface area contributed by atoms with Gasteiger partial charge in [0.15, 0.2) is 0 Å². The van der Waals surface area contributed by atoms with Gasteiger partial charge in [0.25, 0.3) is 10.0 Å². The fourth-order valence-corrected chi connectivity index (χ4v) is 4.02. The third-order valence-electron chi connectivity index (χ3n) is 4.81. The molecule has 12 heteroatoms. The van der Waals surface area contributed by atoms with Crippen LogP contribution in [0.2, 0.25) is 0 Å². The topological polar surface area (TPSA) is 142 Å². The molecule has 1 fully saturated rings. The Morgan fingerprint density at radius 1 is 1.10 bits per heavy atom. The van der Waals surface area contributed by atoms with Gasteiger partial charge in [-0.2, -0.15) is 0 Å². The van der Waals surface area contributed by atoms with E-state index in [0.717, 1.165) is 44.4 Å². The van der Waals surface area contributed by atoms with Gasteiger partial charge in [-0.15, -0.1) is 4.83 Å². The summed E-state index contributed by atoms with van der Waals surface area (Å²) in [5, 5.41) is 14.6. The summed E-state index contributed by atoms with van der Waals surface area (Å²) in [6.45, 7) is 5.09. The lowest BCUT2D eigenvalue weighted by molar-refractivity contribution is -0.383. The van der Waals surface area contributed by atoms with Gasteiger partial charge in [-0.1, -0.05) is 24.1 Å². The van der Waals surface area contributed by atoms with Crippen LogP contribution in [-0.4, -0.2) is 54.4 Å². The first-order valence-corrected chi connectivity index (χ1v) is 11.2. The van der Waals surface area contributed by atoms with Crippen LogP contribution >= 0.6 is 0 Å². The second-order valence-electron chi connectivity index (χ2n) is 7.05. The molecule has 0 bridgehead atoms. The predicted molar refractivity (Wildman–Crippen MR) is 113 cm³/mol. The maximum absolute atomic E-state index is 12.4. The van der Waals surface area contributed by atoms with Crippen molar-refractivity contribution < 1.29 is 13.3 Å². The number of hydrazine groups is 1. The second-order valence-corrected chi connectivity index (χ2v) is 8.73. The molecular weight excluding hydrogens is 410 g/mol. The molecule has 3 N–H and O–H groups in total. The first-order chi connectivity index (χ1) is 14.4. The molecule has 1 aliphatic rings. The Hall–Kier alpha value is -2.83. The van der Waals surface area contributed by atoms with E-state index in [1.807, 2.05) is 6.92 Å². The van der Waals surface area contributed by atoms with Gasteiger partial charge < -0.3 is 10.2 Å². The summed E-state index contributed by atoms with van der Waals surface area (Å²) in [6, 6.07) is 6.21. The number of sulfonamides is 1. The van der Waals surface area contributed by atoms with Crippen molar-refractivity contribution in [1.29, 1.82) is 0 Å². The number of aryl methyl sites for hydroxylation is 1. The first kappa shape index (κ1) is 21.9. The number of anilines is 2. The van der Waals surface area contributed by atoms with Crippen molar-refractivity contribution in [3.8, 4) is 0 Å². The molecular formula is C18H25N7O4S. The highest BCUT2D eigenvalue weighted by molar-refractivity contribution is 7.89. The monoisotopic (exact) mass is 435 g/mol. The van der Waals surface area contributed by atoms with E-state index in [9.17, 15) is 18.5 Å². The summed E-state index contributed by atoms with van der Waals surface area (Å²) >= 11 is 0. The fourth-order valence-electron chi connectivity index (χ4n) is 3.18. The lowest BCUT2D eigenvalue weighted by Gasteiger charge is -2.26. The number of nitro groups is 1. The Morgan fingerprint density at radius 2 is 1.77 bits per heavy atom. The summed E-state index contributed by atoms with van der Waals surface area (Å²) in [6.07, 6.45) is 4.68. The molecule has 2 heterocycles. The molecule has 0 radical (unpaired) electrons. The van der Waals surface area contributed by atoms with E-state index >= 15 is 0 Å². The van der Waals surface area contributed by atoms with Gasteiger partial charge in [-0.05, 0) is 45.0 Å². The highest BCUT2D eigenvalue weighted by Crippen LogP contribution is 2.28. The Morgan fingerprint density at radius 3 is 2.43 bits per heavy atom. The van der Waals surface area contributed by atoms with Crippen LogP contribution in [0.5, 0.6) is 0 Å². The van der Waals surface area contributed by atoms with Crippen LogP contribution < -0.4 is 15.6 Å². The average molecular weight is 436 g/mol. The number of benzene rings is 1. The van der Waals surface area contributed by atoms with Crippen molar-refractivity contribution in [2.24, 2.45) is 0 Å². The Balaban J connectivity index is 1.69. The Bertz CT molecular complexity index is 977. The molecule has 0 amide bonds. The van der Waals surface area contributed by atoms with Gasteiger partial charge in [0, 0.05) is 13.1 Å². The molecule has 0 saturated carbocycles. The highest BCUT2D eigenvalue weighted by atomic mass is 32.2. The Kier molecular flexibility index (Phi) is 7.13. The van der Waals surface area contributed by atoms with Crippen LogP contribution in [0.15, 0.2) is 35.5 Å². The largest absolute Gasteiger partial charge is 0.363 e. The van der Waals surface area contributed by atoms with Crippen LogP contribution in [0.1, 0.15) is 24.8 Å². The standard InChI is InChI=1S/C18H25N7O4S/c1-14-5-7-15(8-6-14)30(28,29)23-22-18-16(25(26)27)17(20-13-21-18)19-9-12-24-10-3-2-4-11-24/h5-8,13,23H,2-4,9-12H2,1H3,(H2,19,20,21,22). The zero-order valence-corrected chi connectivity index (χ0v) is 17.5. The van der Waals surface area contributed by atoms with Gasteiger partial charge in [-0.25, -0.2) is 18.4 Å². The quantitative estimate of drug-likeness (QED) is 0.397. The van der Waals surface area contributed by atoms with E-state index in [2.05, 4.69) is 30.4 Å². The molecule has 0 aliphatic carbocycles. The molecule has 0 atom stereocenters. The molecule has 3 rings (SSSR count). The van der Waals surface area contributed by atoms with Crippen molar-refractivity contribution >= 4 is 27.3 Å². The van der Waals surface area contributed by atoms with Gasteiger partial charge in [0.1, 0.15) is 6.33 Å². The van der Waals surface area contributed by atoms with Gasteiger partial charge >= 0.3 is 5.69 Å². The van der Waals surface area contributed by atoms with E-state index < -0.39 is 20.6 Å². The zero-order chi connectivity index (χ0) is 21.6. The first-order valence-electron chi connectivity index (χ1n) is 9.67. The normalized spacial score (nSPS) is 15.0. The molecule has 0 spiro atoms. The summed E-state index contributed by atoms with van der Waals surface area (Å²) in [7, 11) is -3.93. The predicted octanol–water partition coefficient (Wildman–Crippen LogP) is 1.90. The number of rotatable bonds is 9. The number of nitrogens with one attached hydrogen (secondary N) is 3. The van der Waals surface area contributed by atoms with Crippen molar-refractivity contribution in [3.63, 3.8) is 0 Å². The van der Waals surface area contributed by atoms with Crippen molar-refractivity contribution in [3.05, 3.63) is 46.3 Å². The summed E-state index contributed by atoms with van der Waals surface area (Å²) in [5.41, 5.74) is 2.83. The third-order valence-corrected chi connectivity index (χ3v) is 6.07. The smallest absolute Gasteiger partial charge is 0.354 e. The molecule has 2 aromatic rings. The lowest BCUT2D eigenvalue weighted by atomic mass is 10.1. The molecule has 162 valence electrons. The number of nitrogens with zero attached hydrogens (tertiary/aromatic N) is 4.